The molecule has 0 bridgehead atoms. The van der Waals surface area contributed by atoms with Crippen molar-refractivity contribution in [2.45, 2.75) is 0 Å². The van der Waals surface area contributed by atoms with Crippen molar-refractivity contribution in [2.24, 2.45) is 0 Å². The molecule has 18 rings (SSSR count). The Morgan fingerprint density at radius 1 is 0.298 bits per heavy atom. The van der Waals surface area contributed by atoms with Crippen LogP contribution in [0, 0.1) is 24.3 Å². The average molecular weight is 1570 g/mol. The predicted octanol–water partition coefficient (Wildman–Crippen LogP) is 21.2. The van der Waals surface area contributed by atoms with Gasteiger partial charge in [-0.25, -0.2) is 0 Å². The minimum Gasteiger partial charge on any atom is -0.481 e. The van der Waals surface area contributed by atoms with Gasteiger partial charge in [0.05, 0.1) is 11.0 Å². The fourth-order valence-corrected chi connectivity index (χ4v) is 12.6. The molecule has 0 spiro atoms. The maximum atomic E-state index is 6.17. The van der Waals surface area contributed by atoms with Crippen molar-refractivity contribution in [1.82, 2.24) is 29.1 Å². The molecule has 0 saturated heterocycles. The van der Waals surface area contributed by atoms with Crippen molar-refractivity contribution >= 4 is 65.8 Å². The molecule has 0 fully saturated rings. The van der Waals surface area contributed by atoms with Gasteiger partial charge in [-0.3, -0.25) is 9.97 Å². The van der Waals surface area contributed by atoms with E-state index in [0.717, 1.165) is 128 Å². The van der Waals surface area contributed by atoms with Gasteiger partial charge in [-0.05, 0) is 138 Å². The van der Waals surface area contributed by atoms with Gasteiger partial charge in [0.15, 0.2) is 0 Å². The zero-order valence-electron chi connectivity index (χ0n) is 50.0. The van der Waals surface area contributed by atoms with Crippen LogP contribution in [0.3, 0.4) is 0 Å². The molecular formula is C84H50N6O2Pt2. The van der Waals surface area contributed by atoms with Crippen LogP contribution in [0.4, 0.5) is 0 Å². The van der Waals surface area contributed by atoms with E-state index in [4.69, 9.17) is 18.8 Å². The molecule has 8 nitrogen and oxygen atoms in total. The van der Waals surface area contributed by atoms with Crippen molar-refractivity contribution < 1.29 is 51.0 Å². The van der Waals surface area contributed by atoms with Gasteiger partial charge >= 0.3 is 42.1 Å². The average Bonchev–Trinajstić information content (AvgIpc) is 1.58. The Balaban J connectivity index is 0.000000152. The molecular weight excluding hydrogens is 1520 g/mol. The topological polar surface area (TPSA) is 87.7 Å². The first-order valence-electron chi connectivity index (χ1n) is 30.5. The van der Waals surface area contributed by atoms with Crippen LogP contribution in [0.5, 0.6) is 0 Å². The number of rotatable bonds is 10. The molecule has 18 aromatic rings. The Bertz CT molecular complexity index is 5680. The van der Waals surface area contributed by atoms with E-state index >= 15 is 0 Å². The summed E-state index contributed by atoms with van der Waals surface area (Å²) >= 11 is 0. The zero-order valence-corrected chi connectivity index (χ0v) is 54.5. The van der Waals surface area contributed by atoms with E-state index in [1.807, 2.05) is 128 Å². The molecule has 0 radical (unpaired) electrons. The molecule has 0 unspecified atom stereocenters. The molecule has 12 aromatic carbocycles. The summed E-state index contributed by atoms with van der Waals surface area (Å²) in [4.78, 5) is 18.7. The number of benzene rings is 12. The normalized spacial score (nSPS) is 11.2. The summed E-state index contributed by atoms with van der Waals surface area (Å²) in [7, 11) is 0. The van der Waals surface area contributed by atoms with Gasteiger partial charge in [0.25, 0.3) is 0 Å². The Morgan fingerprint density at radius 3 is 1.28 bits per heavy atom. The van der Waals surface area contributed by atoms with E-state index in [2.05, 4.69) is 219 Å². The first-order chi connectivity index (χ1) is 45.6. The van der Waals surface area contributed by atoms with Crippen LogP contribution in [0.25, 0.3) is 167 Å². The molecule has 0 N–H and O–H groups in total. The van der Waals surface area contributed by atoms with E-state index in [1.54, 1.807) is 0 Å². The van der Waals surface area contributed by atoms with Gasteiger partial charge in [0.2, 0.25) is 0 Å². The summed E-state index contributed by atoms with van der Waals surface area (Å²) in [6.07, 6.45) is 3.62. The van der Waals surface area contributed by atoms with Gasteiger partial charge in [-0.2, -0.15) is 0 Å². The minimum absolute atomic E-state index is 0. The second kappa shape index (κ2) is 25.5. The van der Waals surface area contributed by atoms with Crippen molar-refractivity contribution in [2.75, 3.05) is 0 Å². The minimum atomic E-state index is 0. The fourth-order valence-electron chi connectivity index (χ4n) is 12.6. The number of hydrogen-bond donors (Lipinski definition) is 0. The molecule has 0 saturated carbocycles. The predicted molar refractivity (Wildman–Crippen MR) is 371 cm³/mol. The van der Waals surface area contributed by atoms with E-state index in [0.29, 0.717) is 11.8 Å². The van der Waals surface area contributed by atoms with Gasteiger partial charge < -0.3 is 27.9 Å². The summed E-state index contributed by atoms with van der Waals surface area (Å²) in [5.41, 5.74) is 23.6. The van der Waals surface area contributed by atoms with E-state index in [9.17, 15) is 0 Å². The molecule has 0 aliphatic heterocycles. The first-order valence-corrected chi connectivity index (χ1v) is 30.5. The van der Waals surface area contributed by atoms with Crippen molar-refractivity contribution in [3.05, 3.63) is 328 Å². The Labute approximate surface area is 570 Å². The van der Waals surface area contributed by atoms with Crippen LogP contribution >= 0.6 is 0 Å². The number of pyridine rings is 2. The molecule has 94 heavy (non-hydrogen) atoms. The number of nitrogens with zero attached hydrogens (tertiary/aromatic N) is 6. The Morgan fingerprint density at radius 2 is 0.745 bits per heavy atom. The fraction of sp³-hybridized carbons (Fsp3) is 0. The molecule has 0 amide bonds. The molecule has 448 valence electrons. The van der Waals surface area contributed by atoms with Crippen LogP contribution in [-0.2, 0) is 42.1 Å². The van der Waals surface area contributed by atoms with Crippen molar-refractivity contribution in [3.63, 3.8) is 0 Å². The summed E-state index contributed by atoms with van der Waals surface area (Å²) in [6.45, 7) is 0. The largest absolute Gasteiger partial charge is 2.00 e. The molecule has 6 heterocycles. The van der Waals surface area contributed by atoms with Gasteiger partial charge in [0.1, 0.15) is 22.9 Å². The van der Waals surface area contributed by atoms with Gasteiger partial charge in [-0.15, -0.1) is 96.1 Å². The second-order valence-corrected chi connectivity index (χ2v) is 22.6. The van der Waals surface area contributed by atoms with Crippen LogP contribution in [0.1, 0.15) is 0 Å². The Kier molecular flexibility index (Phi) is 16.1. The SMILES string of the molecule is [Pt+2].[Pt+2].[c-]1c(-c2ccccn2)cccc1-n1c2[c-]c(-c3nc4ccccc4o3)ccc2c2c(-c3ccc(-c4ccccc4)cc3)cccc21.[c-]1c(-c2ccccn2)cccc1-n1c2[c-]c(-c3nc4ccccc4o3)ccc2c2cc(-c3ccc(-c4ccccc4)cc3)ccc21. The number of para-hydroxylation sites is 4. The smallest absolute Gasteiger partial charge is 0.481 e. The van der Waals surface area contributed by atoms with Crippen LogP contribution in [0.15, 0.2) is 312 Å². The zero-order chi connectivity index (χ0) is 60.9. The monoisotopic (exact) mass is 1560 g/mol. The number of aromatic nitrogens is 6. The number of fused-ring (bicyclic) bond motifs is 8. The van der Waals surface area contributed by atoms with Crippen LogP contribution < -0.4 is 0 Å². The maximum Gasteiger partial charge on any atom is 2.00 e. The summed E-state index contributed by atoms with van der Waals surface area (Å²) in [5.74, 6) is 1.09. The van der Waals surface area contributed by atoms with E-state index in [1.165, 1.54) is 27.8 Å². The number of hydrogen-bond acceptors (Lipinski definition) is 6. The molecule has 10 heteroatoms. The summed E-state index contributed by atoms with van der Waals surface area (Å²) < 4.78 is 16.8. The third kappa shape index (κ3) is 11.1. The van der Waals surface area contributed by atoms with Crippen molar-refractivity contribution in [3.8, 4) is 101 Å². The Hall–Kier alpha value is -11.1. The molecule has 0 aliphatic carbocycles. The first kappa shape index (κ1) is 59.2. The van der Waals surface area contributed by atoms with Crippen molar-refractivity contribution in [1.29, 1.82) is 0 Å². The van der Waals surface area contributed by atoms with Gasteiger partial charge in [-0.1, -0.05) is 204 Å². The van der Waals surface area contributed by atoms with E-state index in [-0.39, 0.29) is 42.1 Å². The molecule has 6 aromatic heterocycles. The third-order valence-electron chi connectivity index (χ3n) is 17.0. The molecule has 0 atom stereocenters. The van der Waals surface area contributed by atoms with E-state index < -0.39 is 0 Å². The quantitative estimate of drug-likeness (QED) is 0.127. The molecule has 0 aliphatic rings. The number of oxazole rings is 2. The maximum absolute atomic E-state index is 6.17. The third-order valence-corrected chi connectivity index (χ3v) is 17.0. The van der Waals surface area contributed by atoms with Crippen LogP contribution in [0.2, 0.25) is 0 Å². The second-order valence-electron chi connectivity index (χ2n) is 22.6. The summed E-state index contributed by atoms with van der Waals surface area (Å²) in [6, 6.07) is 115. The van der Waals surface area contributed by atoms with Gasteiger partial charge in [0, 0.05) is 23.4 Å². The standard InChI is InChI=1S/2C42H25N3O.2Pt/c1-2-10-28(11-3-1)29-19-21-30(22-20-29)34-14-9-17-38-41(34)35-24-23-32(42-44-37-16-4-5-18-40(37)46-42)27-39(35)45(38)33-13-8-12-31(26-33)36-15-6-7-25-43-36;1-2-9-28(10-3-1)29-16-18-30(19-17-29)31-21-23-39-36(26-31)35-22-20-33(42-44-38-14-4-5-15-41(38)46-42)27-40(35)45(39)34-12-8-11-32(25-34)37-13-6-7-24-43-37;;/h1-25H;1-24,26H;;/q2*-2;2*+2. The summed E-state index contributed by atoms with van der Waals surface area (Å²) in [5, 5.41) is 4.47. The van der Waals surface area contributed by atoms with Crippen LogP contribution in [-0.4, -0.2) is 29.1 Å².